The van der Waals surface area contributed by atoms with Crippen LogP contribution < -0.4 is 5.73 Å². The highest BCUT2D eigenvalue weighted by molar-refractivity contribution is 5.12. The Labute approximate surface area is 64.3 Å². The minimum absolute atomic E-state index is 0.120. The lowest BCUT2D eigenvalue weighted by atomic mass is 9.80. The summed E-state index contributed by atoms with van der Waals surface area (Å²) in [5.74, 6) is 0. The van der Waals surface area contributed by atoms with Gasteiger partial charge in [-0.2, -0.15) is 0 Å². The van der Waals surface area contributed by atoms with Crippen molar-refractivity contribution in [3.63, 3.8) is 0 Å². The molecule has 0 aromatic carbocycles. The predicted molar refractivity (Wildman–Crippen MR) is 46.9 cm³/mol. The second kappa shape index (κ2) is 3.20. The van der Waals surface area contributed by atoms with E-state index in [1.54, 1.807) is 0 Å². The highest BCUT2D eigenvalue weighted by Gasteiger charge is 2.21. The van der Waals surface area contributed by atoms with Crippen molar-refractivity contribution in [2.75, 3.05) is 0 Å². The second-order valence-electron chi connectivity index (χ2n) is 3.55. The predicted octanol–water partition coefficient (Wildman–Crippen LogP) is 2.33. The first kappa shape index (κ1) is 9.70. The molecule has 0 aromatic heterocycles. The summed E-state index contributed by atoms with van der Waals surface area (Å²) in [7, 11) is 0. The van der Waals surface area contributed by atoms with Crippen molar-refractivity contribution >= 4 is 0 Å². The Morgan fingerprint density at radius 2 is 2.00 bits per heavy atom. The van der Waals surface area contributed by atoms with E-state index >= 15 is 0 Å². The van der Waals surface area contributed by atoms with Gasteiger partial charge in [-0.1, -0.05) is 32.9 Å². The average molecular weight is 141 g/mol. The lowest BCUT2D eigenvalue weighted by Gasteiger charge is -2.28. The van der Waals surface area contributed by atoms with E-state index < -0.39 is 0 Å². The Kier molecular flexibility index (Phi) is 3.10. The summed E-state index contributed by atoms with van der Waals surface area (Å²) in [5, 5.41) is 0. The highest BCUT2D eigenvalue weighted by Crippen LogP contribution is 2.29. The van der Waals surface area contributed by atoms with Gasteiger partial charge in [-0.05, 0) is 18.8 Å². The van der Waals surface area contributed by atoms with Crippen molar-refractivity contribution in [3.8, 4) is 0 Å². The standard InChI is InChI=1S/C9H19N/c1-6-9(4,5)7(2)8(3)10/h8H,2,6,10H2,1,3-5H3. The Bertz CT molecular complexity index is 123. The summed E-state index contributed by atoms with van der Waals surface area (Å²) >= 11 is 0. The molecule has 0 rings (SSSR count). The van der Waals surface area contributed by atoms with Gasteiger partial charge in [0.25, 0.3) is 0 Å². The lowest BCUT2D eigenvalue weighted by Crippen LogP contribution is -2.27. The third kappa shape index (κ3) is 2.14. The van der Waals surface area contributed by atoms with Gasteiger partial charge in [-0.3, -0.25) is 0 Å². The second-order valence-corrected chi connectivity index (χ2v) is 3.55. The Balaban J connectivity index is 4.19. The lowest BCUT2D eigenvalue weighted by molar-refractivity contribution is 0.406. The molecule has 10 heavy (non-hydrogen) atoms. The first-order valence-corrected chi connectivity index (χ1v) is 3.86. The molecule has 0 aliphatic heterocycles. The molecule has 0 saturated carbocycles. The molecule has 0 saturated heterocycles. The zero-order valence-electron chi connectivity index (χ0n) is 7.57. The first-order chi connectivity index (χ1) is 4.41. The van der Waals surface area contributed by atoms with Gasteiger partial charge in [0, 0.05) is 6.04 Å². The third-order valence-electron chi connectivity index (χ3n) is 2.30. The molecule has 0 heterocycles. The first-order valence-electron chi connectivity index (χ1n) is 3.86. The average Bonchev–Trinajstić information content (AvgIpc) is 1.86. The van der Waals surface area contributed by atoms with Gasteiger partial charge in [0.15, 0.2) is 0 Å². The summed E-state index contributed by atoms with van der Waals surface area (Å²) in [6.07, 6.45) is 1.10. The van der Waals surface area contributed by atoms with Gasteiger partial charge in [0.05, 0.1) is 0 Å². The van der Waals surface area contributed by atoms with Crippen LogP contribution in [0.2, 0.25) is 0 Å². The number of hydrogen-bond acceptors (Lipinski definition) is 1. The fourth-order valence-corrected chi connectivity index (χ4v) is 0.843. The molecular weight excluding hydrogens is 122 g/mol. The van der Waals surface area contributed by atoms with E-state index in [1.165, 1.54) is 0 Å². The smallest absolute Gasteiger partial charge is 0.0227 e. The molecular formula is C9H19N. The number of nitrogens with two attached hydrogens (primary N) is 1. The van der Waals surface area contributed by atoms with Crippen molar-refractivity contribution in [1.82, 2.24) is 0 Å². The summed E-state index contributed by atoms with van der Waals surface area (Å²) in [5.41, 5.74) is 7.05. The topological polar surface area (TPSA) is 26.0 Å². The largest absolute Gasteiger partial charge is 0.324 e. The summed E-state index contributed by atoms with van der Waals surface area (Å²) in [4.78, 5) is 0. The molecule has 0 spiro atoms. The summed E-state index contributed by atoms with van der Waals surface area (Å²) in [6.45, 7) is 12.5. The fourth-order valence-electron chi connectivity index (χ4n) is 0.843. The molecule has 0 amide bonds. The maximum absolute atomic E-state index is 5.70. The normalized spacial score (nSPS) is 14.9. The molecule has 0 radical (unpaired) electrons. The van der Waals surface area contributed by atoms with Gasteiger partial charge in [-0.15, -0.1) is 0 Å². The summed E-state index contributed by atoms with van der Waals surface area (Å²) in [6, 6.07) is 0.120. The van der Waals surface area contributed by atoms with Crippen LogP contribution in [0.25, 0.3) is 0 Å². The van der Waals surface area contributed by atoms with Gasteiger partial charge >= 0.3 is 0 Å². The van der Waals surface area contributed by atoms with Gasteiger partial charge in [0.2, 0.25) is 0 Å². The van der Waals surface area contributed by atoms with E-state index in [0.29, 0.717) is 0 Å². The van der Waals surface area contributed by atoms with Crippen LogP contribution in [0.15, 0.2) is 12.2 Å². The van der Waals surface area contributed by atoms with Crippen LogP contribution in [-0.2, 0) is 0 Å². The van der Waals surface area contributed by atoms with Crippen LogP contribution in [-0.4, -0.2) is 6.04 Å². The molecule has 0 aromatic rings. The number of rotatable bonds is 3. The van der Waals surface area contributed by atoms with Crippen LogP contribution in [0.3, 0.4) is 0 Å². The van der Waals surface area contributed by atoms with E-state index in [4.69, 9.17) is 5.73 Å². The minimum atomic E-state index is 0.120. The zero-order valence-corrected chi connectivity index (χ0v) is 7.57. The summed E-state index contributed by atoms with van der Waals surface area (Å²) < 4.78 is 0. The monoisotopic (exact) mass is 141 g/mol. The number of hydrogen-bond donors (Lipinski definition) is 1. The molecule has 0 fully saturated rings. The third-order valence-corrected chi connectivity index (χ3v) is 2.30. The van der Waals surface area contributed by atoms with Crippen molar-refractivity contribution in [1.29, 1.82) is 0 Å². The minimum Gasteiger partial charge on any atom is -0.324 e. The van der Waals surface area contributed by atoms with Crippen LogP contribution in [0, 0.1) is 5.41 Å². The van der Waals surface area contributed by atoms with E-state index in [2.05, 4.69) is 27.4 Å². The van der Waals surface area contributed by atoms with E-state index in [1.807, 2.05) is 6.92 Å². The Morgan fingerprint density at radius 3 is 2.10 bits per heavy atom. The highest BCUT2D eigenvalue weighted by atomic mass is 14.6. The molecule has 1 heteroatoms. The van der Waals surface area contributed by atoms with Crippen LogP contribution >= 0.6 is 0 Å². The van der Waals surface area contributed by atoms with Crippen LogP contribution in [0.1, 0.15) is 34.1 Å². The molecule has 1 nitrogen and oxygen atoms in total. The fraction of sp³-hybridized carbons (Fsp3) is 0.778. The van der Waals surface area contributed by atoms with Crippen LogP contribution in [0.5, 0.6) is 0 Å². The van der Waals surface area contributed by atoms with E-state index in [-0.39, 0.29) is 11.5 Å². The molecule has 2 N–H and O–H groups in total. The van der Waals surface area contributed by atoms with Gasteiger partial charge < -0.3 is 5.73 Å². The quantitative estimate of drug-likeness (QED) is 0.600. The van der Waals surface area contributed by atoms with Gasteiger partial charge in [-0.25, -0.2) is 0 Å². The molecule has 1 atom stereocenters. The SMILES string of the molecule is C=C(C(C)N)C(C)(C)CC. The molecule has 0 aliphatic carbocycles. The van der Waals surface area contributed by atoms with Crippen LogP contribution in [0.4, 0.5) is 0 Å². The van der Waals surface area contributed by atoms with E-state index in [9.17, 15) is 0 Å². The Morgan fingerprint density at radius 1 is 1.60 bits per heavy atom. The van der Waals surface area contributed by atoms with E-state index in [0.717, 1.165) is 12.0 Å². The molecule has 0 bridgehead atoms. The molecule has 60 valence electrons. The van der Waals surface area contributed by atoms with Gasteiger partial charge in [0.1, 0.15) is 0 Å². The Hall–Kier alpha value is -0.300. The van der Waals surface area contributed by atoms with Crippen molar-refractivity contribution in [2.45, 2.75) is 40.2 Å². The maximum Gasteiger partial charge on any atom is 0.0227 e. The zero-order chi connectivity index (χ0) is 8.36. The molecule has 1 unspecified atom stereocenters. The molecule has 0 aliphatic rings. The van der Waals surface area contributed by atoms with Crippen molar-refractivity contribution < 1.29 is 0 Å². The van der Waals surface area contributed by atoms with Crippen molar-refractivity contribution in [2.24, 2.45) is 11.1 Å². The van der Waals surface area contributed by atoms with Crippen molar-refractivity contribution in [3.05, 3.63) is 12.2 Å². The maximum atomic E-state index is 5.70.